The van der Waals surface area contributed by atoms with Crippen molar-refractivity contribution in [2.75, 3.05) is 0 Å². The molecule has 3 aromatic rings. The average Bonchev–Trinajstić information content (AvgIpc) is 3.20. The van der Waals surface area contributed by atoms with Gasteiger partial charge < -0.3 is 8.98 Å². The van der Waals surface area contributed by atoms with E-state index < -0.39 is 5.91 Å². The molecule has 2 amide bonds. The van der Waals surface area contributed by atoms with Crippen LogP contribution in [0.2, 0.25) is 0 Å². The monoisotopic (exact) mass is 297 g/mol. The molecule has 0 saturated carbocycles. The number of carbonyl (C=O) groups is 2. The van der Waals surface area contributed by atoms with Crippen molar-refractivity contribution in [1.82, 2.24) is 15.4 Å². The maximum absolute atomic E-state index is 11.8. The van der Waals surface area contributed by atoms with Gasteiger partial charge in [-0.05, 0) is 29.7 Å². The molecule has 6 nitrogen and oxygen atoms in total. The summed E-state index contributed by atoms with van der Waals surface area (Å²) in [7, 11) is 0. The van der Waals surface area contributed by atoms with Crippen molar-refractivity contribution in [3.8, 4) is 0 Å². The molecule has 0 bridgehead atoms. The molecule has 22 heavy (non-hydrogen) atoms. The lowest BCUT2D eigenvalue weighted by Gasteiger charge is -2.07. The van der Waals surface area contributed by atoms with E-state index >= 15 is 0 Å². The highest BCUT2D eigenvalue weighted by molar-refractivity contribution is 5.92. The minimum Gasteiger partial charge on any atom is -0.459 e. The van der Waals surface area contributed by atoms with E-state index in [1.165, 1.54) is 12.3 Å². The van der Waals surface area contributed by atoms with Crippen LogP contribution < -0.4 is 10.9 Å². The Balaban J connectivity index is 1.51. The molecular formula is C16H15N3O3. The lowest BCUT2D eigenvalue weighted by atomic mass is 10.2. The molecular weight excluding hydrogens is 282 g/mol. The summed E-state index contributed by atoms with van der Waals surface area (Å²) in [5, 5.41) is 1.13. The number of rotatable bonds is 4. The van der Waals surface area contributed by atoms with Crippen LogP contribution in [-0.2, 0) is 11.3 Å². The van der Waals surface area contributed by atoms with Crippen LogP contribution in [-0.4, -0.2) is 16.4 Å². The Morgan fingerprint density at radius 2 is 1.91 bits per heavy atom. The Hall–Kier alpha value is -3.02. The number of furan rings is 1. The van der Waals surface area contributed by atoms with Crippen molar-refractivity contribution in [3.63, 3.8) is 0 Å². The molecule has 6 heteroatoms. The second-order valence-corrected chi connectivity index (χ2v) is 4.80. The number of nitrogens with zero attached hydrogens (tertiary/aromatic N) is 1. The molecule has 0 aliphatic carbocycles. The van der Waals surface area contributed by atoms with Gasteiger partial charge in [-0.3, -0.25) is 20.4 Å². The standard InChI is InChI=1S/C16H15N3O3/c20-15(17-18-16(21)14-6-3-11-22-14)8-10-19-9-7-12-4-1-2-5-13(12)19/h1-7,9,11H,8,10H2,(H,17,20)(H,18,21). The molecule has 0 saturated heterocycles. The quantitative estimate of drug-likeness (QED) is 0.724. The molecule has 0 radical (unpaired) electrons. The normalized spacial score (nSPS) is 10.5. The van der Waals surface area contributed by atoms with E-state index in [4.69, 9.17) is 4.42 Å². The Morgan fingerprint density at radius 3 is 2.73 bits per heavy atom. The zero-order valence-electron chi connectivity index (χ0n) is 11.8. The first-order valence-electron chi connectivity index (χ1n) is 6.90. The molecule has 2 aromatic heterocycles. The predicted molar refractivity (Wildman–Crippen MR) is 80.9 cm³/mol. The lowest BCUT2D eigenvalue weighted by molar-refractivity contribution is -0.122. The number of nitrogens with one attached hydrogen (secondary N) is 2. The molecule has 0 unspecified atom stereocenters. The van der Waals surface area contributed by atoms with Crippen molar-refractivity contribution in [2.45, 2.75) is 13.0 Å². The highest BCUT2D eigenvalue weighted by Gasteiger charge is 2.09. The van der Waals surface area contributed by atoms with Gasteiger partial charge in [-0.1, -0.05) is 18.2 Å². The van der Waals surface area contributed by atoms with Crippen LogP contribution in [0.1, 0.15) is 17.0 Å². The summed E-state index contributed by atoms with van der Waals surface area (Å²) in [5.74, 6) is -0.598. The Kier molecular flexibility index (Phi) is 3.91. The Labute approximate surface area is 126 Å². The van der Waals surface area contributed by atoms with Crippen LogP contribution >= 0.6 is 0 Å². The van der Waals surface area contributed by atoms with Crippen LogP contribution in [0.15, 0.2) is 59.3 Å². The Bertz CT molecular complexity index is 790. The van der Waals surface area contributed by atoms with E-state index in [1.54, 1.807) is 6.07 Å². The fourth-order valence-electron chi connectivity index (χ4n) is 2.22. The largest absolute Gasteiger partial charge is 0.459 e. The predicted octanol–water partition coefficient (Wildman–Crippen LogP) is 2.09. The van der Waals surface area contributed by atoms with Crippen molar-refractivity contribution in [2.24, 2.45) is 0 Å². The fourth-order valence-corrected chi connectivity index (χ4v) is 2.22. The fraction of sp³-hybridized carbons (Fsp3) is 0.125. The third-order valence-corrected chi connectivity index (χ3v) is 3.32. The van der Waals surface area contributed by atoms with Gasteiger partial charge in [0.25, 0.3) is 0 Å². The average molecular weight is 297 g/mol. The van der Waals surface area contributed by atoms with Crippen molar-refractivity contribution < 1.29 is 14.0 Å². The number of amides is 2. The van der Waals surface area contributed by atoms with Crippen molar-refractivity contribution >= 4 is 22.7 Å². The van der Waals surface area contributed by atoms with Crippen LogP contribution in [0.25, 0.3) is 10.9 Å². The molecule has 2 heterocycles. The molecule has 2 N–H and O–H groups in total. The smallest absolute Gasteiger partial charge is 0.305 e. The van der Waals surface area contributed by atoms with E-state index in [0.717, 1.165) is 10.9 Å². The number of carbonyl (C=O) groups excluding carboxylic acids is 2. The molecule has 3 rings (SSSR count). The topological polar surface area (TPSA) is 76.3 Å². The van der Waals surface area contributed by atoms with Crippen LogP contribution in [0, 0.1) is 0 Å². The highest BCUT2D eigenvalue weighted by atomic mass is 16.3. The number of para-hydroxylation sites is 1. The minimum absolute atomic E-state index is 0.150. The zero-order valence-corrected chi connectivity index (χ0v) is 11.8. The second-order valence-electron chi connectivity index (χ2n) is 4.80. The summed E-state index contributed by atoms with van der Waals surface area (Å²) in [5.41, 5.74) is 5.76. The van der Waals surface area contributed by atoms with Crippen molar-refractivity contribution in [1.29, 1.82) is 0 Å². The van der Waals surface area contributed by atoms with Crippen molar-refractivity contribution in [3.05, 3.63) is 60.7 Å². The second kappa shape index (κ2) is 6.17. The summed E-state index contributed by atoms with van der Waals surface area (Å²) in [6, 6.07) is 13.1. The van der Waals surface area contributed by atoms with Gasteiger partial charge in [-0.25, -0.2) is 0 Å². The molecule has 0 fully saturated rings. The molecule has 0 atom stereocenters. The zero-order chi connectivity index (χ0) is 15.4. The maximum Gasteiger partial charge on any atom is 0.305 e. The van der Waals surface area contributed by atoms with Gasteiger partial charge in [-0.15, -0.1) is 0 Å². The number of hydrazine groups is 1. The highest BCUT2D eigenvalue weighted by Crippen LogP contribution is 2.15. The molecule has 0 aliphatic heterocycles. The van der Waals surface area contributed by atoms with E-state index in [9.17, 15) is 9.59 Å². The molecule has 1 aromatic carbocycles. The number of benzene rings is 1. The first kappa shape index (κ1) is 13.9. The van der Waals surface area contributed by atoms with E-state index in [2.05, 4.69) is 10.9 Å². The third kappa shape index (κ3) is 3.01. The van der Waals surface area contributed by atoms with E-state index in [0.29, 0.717) is 6.54 Å². The van der Waals surface area contributed by atoms with Gasteiger partial charge in [0.15, 0.2) is 5.76 Å². The lowest BCUT2D eigenvalue weighted by Crippen LogP contribution is -2.41. The molecule has 112 valence electrons. The Morgan fingerprint density at radius 1 is 1.05 bits per heavy atom. The van der Waals surface area contributed by atoms with Crippen LogP contribution in [0.3, 0.4) is 0 Å². The summed E-state index contributed by atoms with van der Waals surface area (Å²) < 4.78 is 6.93. The first-order valence-corrected chi connectivity index (χ1v) is 6.90. The van der Waals surface area contributed by atoms with Gasteiger partial charge in [0.2, 0.25) is 5.91 Å². The first-order chi connectivity index (χ1) is 10.7. The number of aromatic nitrogens is 1. The molecule has 0 aliphatic rings. The SMILES string of the molecule is O=C(CCn1ccc2ccccc21)NNC(=O)c1ccco1. The van der Waals surface area contributed by atoms with Gasteiger partial charge in [0.05, 0.1) is 6.26 Å². The van der Waals surface area contributed by atoms with Crippen LogP contribution in [0.5, 0.6) is 0 Å². The minimum atomic E-state index is -0.482. The van der Waals surface area contributed by atoms with Gasteiger partial charge >= 0.3 is 5.91 Å². The number of aryl methyl sites for hydroxylation is 1. The summed E-state index contributed by atoms with van der Waals surface area (Å²) in [4.78, 5) is 23.4. The summed E-state index contributed by atoms with van der Waals surface area (Å²) in [6.45, 7) is 0.538. The van der Waals surface area contributed by atoms with Gasteiger partial charge in [0, 0.05) is 24.7 Å². The van der Waals surface area contributed by atoms with Crippen LogP contribution in [0.4, 0.5) is 0 Å². The summed E-state index contributed by atoms with van der Waals surface area (Å²) >= 11 is 0. The van der Waals surface area contributed by atoms with E-state index in [-0.39, 0.29) is 18.1 Å². The molecule has 0 spiro atoms. The summed E-state index contributed by atoms with van der Waals surface area (Å²) in [6.07, 6.45) is 3.60. The number of hydrogen-bond acceptors (Lipinski definition) is 3. The van der Waals surface area contributed by atoms with Gasteiger partial charge in [-0.2, -0.15) is 0 Å². The third-order valence-electron chi connectivity index (χ3n) is 3.32. The number of hydrogen-bond donors (Lipinski definition) is 2. The maximum atomic E-state index is 11.8. The number of fused-ring (bicyclic) bond motifs is 1. The van der Waals surface area contributed by atoms with Gasteiger partial charge in [0.1, 0.15) is 0 Å². The van der Waals surface area contributed by atoms with E-state index in [1.807, 2.05) is 41.1 Å².